The van der Waals surface area contributed by atoms with Gasteiger partial charge in [-0.05, 0) is 6.07 Å². The molecule has 1 aromatic rings. The number of nitrogens with one attached hydrogen (secondary N) is 1. The van der Waals surface area contributed by atoms with Crippen LogP contribution in [0.15, 0.2) is 18.2 Å². The zero-order valence-corrected chi connectivity index (χ0v) is 9.85. The quantitative estimate of drug-likeness (QED) is 0.866. The Kier molecular flexibility index (Phi) is 4.99. The van der Waals surface area contributed by atoms with E-state index in [4.69, 9.17) is 9.47 Å². The fourth-order valence-corrected chi connectivity index (χ4v) is 1.78. The number of para-hydroxylation sites is 1. The summed E-state index contributed by atoms with van der Waals surface area (Å²) in [6.45, 7) is 2.04. The van der Waals surface area contributed by atoms with Crippen molar-refractivity contribution < 1.29 is 13.9 Å². The predicted octanol–water partition coefficient (Wildman–Crippen LogP) is 1.92. The molecule has 1 fully saturated rings. The van der Waals surface area contributed by atoms with Crippen LogP contribution in [0.2, 0.25) is 0 Å². The molecule has 3 nitrogen and oxygen atoms in total. The van der Waals surface area contributed by atoms with Crippen molar-refractivity contribution in [1.82, 2.24) is 5.32 Å². The molecule has 5 heteroatoms. The van der Waals surface area contributed by atoms with E-state index in [9.17, 15) is 4.39 Å². The zero-order chi connectivity index (χ0) is 10.7. The van der Waals surface area contributed by atoms with Gasteiger partial charge in [0.25, 0.3) is 0 Å². The number of ether oxygens (including phenoxy) is 2. The second kappa shape index (κ2) is 6.03. The first kappa shape index (κ1) is 13.2. The summed E-state index contributed by atoms with van der Waals surface area (Å²) in [7, 11) is 1.48. The van der Waals surface area contributed by atoms with E-state index in [0.717, 1.165) is 12.1 Å². The van der Waals surface area contributed by atoms with E-state index in [1.54, 1.807) is 6.07 Å². The molecule has 1 saturated heterocycles. The summed E-state index contributed by atoms with van der Waals surface area (Å²) in [4.78, 5) is 0. The lowest BCUT2D eigenvalue weighted by atomic mass is 10.1. The molecular formula is C11H15ClFNO2. The summed E-state index contributed by atoms with van der Waals surface area (Å²) in [6, 6.07) is 4.95. The lowest BCUT2D eigenvalue weighted by molar-refractivity contribution is 0.0759. The maximum atomic E-state index is 13.4. The number of benzene rings is 1. The van der Waals surface area contributed by atoms with Crippen LogP contribution in [0.25, 0.3) is 0 Å². The van der Waals surface area contributed by atoms with Crippen molar-refractivity contribution in [3.8, 4) is 5.75 Å². The number of methoxy groups -OCH3 is 1. The highest BCUT2D eigenvalue weighted by Gasteiger charge is 2.20. The first-order valence-corrected chi connectivity index (χ1v) is 4.96. The van der Waals surface area contributed by atoms with Crippen LogP contribution in [-0.2, 0) is 4.74 Å². The molecule has 1 atom stereocenters. The minimum Gasteiger partial charge on any atom is -0.493 e. The van der Waals surface area contributed by atoms with Crippen LogP contribution in [0, 0.1) is 5.82 Å². The molecule has 90 valence electrons. The van der Waals surface area contributed by atoms with E-state index < -0.39 is 0 Å². The van der Waals surface area contributed by atoms with Crippen LogP contribution in [0.1, 0.15) is 11.6 Å². The van der Waals surface area contributed by atoms with Gasteiger partial charge in [0.05, 0.1) is 26.4 Å². The van der Waals surface area contributed by atoms with Gasteiger partial charge in [-0.3, -0.25) is 0 Å². The molecule has 0 bridgehead atoms. The Morgan fingerprint density at radius 2 is 2.31 bits per heavy atom. The highest BCUT2D eigenvalue weighted by Crippen LogP contribution is 2.28. The molecule has 1 aliphatic rings. The molecule has 0 unspecified atom stereocenters. The number of hydrogen-bond acceptors (Lipinski definition) is 3. The van der Waals surface area contributed by atoms with Gasteiger partial charge in [-0.25, -0.2) is 4.39 Å². The molecule has 0 spiro atoms. The van der Waals surface area contributed by atoms with Gasteiger partial charge in [0.1, 0.15) is 0 Å². The van der Waals surface area contributed by atoms with E-state index >= 15 is 0 Å². The standard InChI is InChI=1S/C11H14FNO2.ClH/c1-14-11-8(3-2-4-9(11)12)10-7-15-6-5-13-10;/h2-4,10,13H,5-7H2,1H3;1H/t10-;/m0./s1. The SMILES string of the molecule is COc1c(F)cccc1[C@@H]1COCCN1.Cl. The van der Waals surface area contributed by atoms with Gasteiger partial charge in [-0.15, -0.1) is 12.4 Å². The highest BCUT2D eigenvalue weighted by molar-refractivity contribution is 5.85. The molecule has 0 saturated carbocycles. The lowest BCUT2D eigenvalue weighted by Gasteiger charge is -2.25. The smallest absolute Gasteiger partial charge is 0.165 e. The normalized spacial score (nSPS) is 20.0. The van der Waals surface area contributed by atoms with Crippen LogP contribution in [0.3, 0.4) is 0 Å². The summed E-state index contributed by atoms with van der Waals surface area (Å²) >= 11 is 0. The molecule has 0 radical (unpaired) electrons. The maximum absolute atomic E-state index is 13.4. The van der Waals surface area contributed by atoms with Gasteiger partial charge in [-0.1, -0.05) is 12.1 Å². The van der Waals surface area contributed by atoms with Crippen LogP contribution in [0.5, 0.6) is 5.75 Å². The van der Waals surface area contributed by atoms with Gasteiger partial charge in [0.2, 0.25) is 0 Å². The molecule has 1 heterocycles. The zero-order valence-electron chi connectivity index (χ0n) is 9.03. The van der Waals surface area contributed by atoms with Gasteiger partial charge >= 0.3 is 0 Å². The van der Waals surface area contributed by atoms with Crippen molar-refractivity contribution in [2.45, 2.75) is 6.04 Å². The highest BCUT2D eigenvalue weighted by atomic mass is 35.5. The van der Waals surface area contributed by atoms with Crippen molar-refractivity contribution in [1.29, 1.82) is 0 Å². The number of hydrogen-bond donors (Lipinski definition) is 1. The van der Waals surface area contributed by atoms with Crippen LogP contribution >= 0.6 is 12.4 Å². The Balaban J connectivity index is 0.00000128. The third-order valence-electron chi connectivity index (χ3n) is 2.50. The minimum absolute atomic E-state index is 0. The van der Waals surface area contributed by atoms with Crippen molar-refractivity contribution in [2.24, 2.45) is 0 Å². The fourth-order valence-electron chi connectivity index (χ4n) is 1.78. The second-order valence-electron chi connectivity index (χ2n) is 3.44. The molecular weight excluding hydrogens is 233 g/mol. The summed E-state index contributed by atoms with van der Waals surface area (Å²) in [5, 5.41) is 3.27. The summed E-state index contributed by atoms with van der Waals surface area (Å²) in [5.74, 6) is -0.0251. The van der Waals surface area contributed by atoms with E-state index in [1.165, 1.54) is 13.2 Å². The first-order chi connectivity index (χ1) is 7.33. The third-order valence-corrected chi connectivity index (χ3v) is 2.50. The van der Waals surface area contributed by atoms with Gasteiger partial charge in [-0.2, -0.15) is 0 Å². The van der Waals surface area contributed by atoms with Crippen molar-refractivity contribution >= 4 is 12.4 Å². The Morgan fingerprint density at radius 1 is 1.50 bits per heavy atom. The number of morpholine rings is 1. The predicted molar refractivity (Wildman–Crippen MR) is 61.8 cm³/mol. The van der Waals surface area contributed by atoms with E-state index in [1.807, 2.05) is 6.07 Å². The molecule has 1 aliphatic heterocycles. The van der Waals surface area contributed by atoms with Crippen LogP contribution in [0.4, 0.5) is 4.39 Å². The molecule has 16 heavy (non-hydrogen) atoms. The van der Waals surface area contributed by atoms with Crippen LogP contribution in [-0.4, -0.2) is 26.9 Å². The second-order valence-corrected chi connectivity index (χ2v) is 3.44. The third kappa shape index (κ3) is 2.64. The largest absolute Gasteiger partial charge is 0.493 e. The molecule has 1 N–H and O–H groups in total. The Labute approximate surface area is 100 Å². The van der Waals surface area contributed by atoms with Crippen molar-refractivity contribution in [3.05, 3.63) is 29.6 Å². The average molecular weight is 248 g/mol. The monoisotopic (exact) mass is 247 g/mol. The first-order valence-electron chi connectivity index (χ1n) is 4.96. The van der Waals surface area contributed by atoms with E-state index in [2.05, 4.69) is 5.32 Å². The summed E-state index contributed by atoms with van der Waals surface area (Å²) in [5.41, 5.74) is 0.817. The average Bonchev–Trinajstić information content (AvgIpc) is 2.30. The lowest BCUT2D eigenvalue weighted by Crippen LogP contribution is -2.34. The Hall–Kier alpha value is -0.840. The summed E-state index contributed by atoms with van der Waals surface area (Å²) < 4.78 is 23.8. The molecule has 1 aromatic carbocycles. The van der Waals surface area contributed by atoms with Gasteiger partial charge in [0.15, 0.2) is 11.6 Å². The molecule has 2 rings (SSSR count). The van der Waals surface area contributed by atoms with Crippen molar-refractivity contribution in [3.63, 3.8) is 0 Å². The molecule has 0 amide bonds. The Bertz CT molecular complexity index is 343. The molecule has 0 aliphatic carbocycles. The topological polar surface area (TPSA) is 30.5 Å². The summed E-state index contributed by atoms with van der Waals surface area (Å²) in [6.07, 6.45) is 0. The van der Waals surface area contributed by atoms with E-state index in [-0.39, 0.29) is 24.3 Å². The number of rotatable bonds is 2. The van der Waals surface area contributed by atoms with Gasteiger partial charge in [0, 0.05) is 12.1 Å². The van der Waals surface area contributed by atoms with Crippen LogP contribution < -0.4 is 10.1 Å². The maximum Gasteiger partial charge on any atom is 0.165 e. The minimum atomic E-state index is -0.331. The number of halogens is 2. The Morgan fingerprint density at radius 3 is 2.94 bits per heavy atom. The van der Waals surface area contributed by atoms with E-state index in [0.29, 0.717) is 19.0 Å². The van der Waals surface area contributed by atoms with Gasteiger partial charge < -0.3 is 14.8 Å². The van der Waals surface area contributed by atoms with Crippen molar-refractivity contribution in [2.75, 3.05) is 26.9 Å². The molecule has 0 aromatic heterocycles. The fraction of sp³-hybridized carbons (Fsp3) is 0.455.